The van der Waals surface area contributed by atoms with E-state index >= 15 is 0 Å². The van der Waals surface area contributed by atoms with Crippen LogP contribution in [-0.2, 0) is 19.1 Å². The van der Waals surface area contributed by atoms with Gasteiger partial charge in [-0.15, -0.1) is 0 Å². The molecule has 0 aromatic heterocycles. The molecule has 0 aliphatic rings. The van der Waals surface area contributed by atoms with E-state index in [1.165, 1.54) is 6.20 Å². The summed E-state index contributed by atoms with van der Waals surface area (Å²) in [5, 5.41) is 10.7. The molecule has 0 saturated heterocycles. The highest BCUT2D eigenvalue weighted by molar-refractivity contribution is 5.99. The summed E-state index contributed by atoms with van der Waals surface area (Å²) < 4.78 is 9.37. The van der Waals surface area contributed by atoms with Gasteiger partial charge in [-0.3, -0.25) is 0 Å². The zero-order valence-corrected chi connectivity index (χ0v) is 9.23. The third-order valence-corrected chi connectivity index (χ3v) is 1.47. The lowest BCUT2D eigenvalue weighted by Gasteiger charge is -2.13. The number of nitriles is 1. The van der Waals surface area contributed by atoms with E-state index in [-0.39, 0.29) is 13.2 Å². The Kier molecular flexibility index (Phi) is 7.24. The van der Waals surface area contributed by atoms with Crippen LogP contribution in [0.4, 0.5) is 0 Å². The molecule has 88 valence electrons. The van der Waals surface area contributed by atoms with Crippen molar-refractivity contribution in [2.24, 2.45) is 0 Å². The molecule has 0 unspecified atom stereocenters. The molecular formula is C10H14N2O4. The number of hydrogen-bond acceptors (Lipinski definition) is 6. The van der Waals surface area contributed by atoms with Gasteiger partial charge in [-0.05, 0) is 13.8 Å². The summed E-state index contributed by atoms with van der Waals surface area (Å²) in [4.78, 5) is 22.7. The maximum absolute atomic E-state index is 11.4. The standard InChI is InChI=1S/C10H14N2O4/c1-3-15-9(13)8(10(14)16-4-2)12-7-5-6-11/h5,7-8,12H,3-4H2,1-2H3/b7-5+. The van der Waals surface area contributed by atoms with E-state index in [1.807, 2.05) is 0 Å². The number of nitrogens with zero attached hydrogens (tertiary/aromatic N) is 1. The van der Waals surface area contributed by atoms with Crippen molar-refractivity contribution in [3.8, 4) is 6.07 Å². The van der Waals surface area contributed by atoms with E-state index in [0.717, 1.165) is 6.08 Å². The van der Waals surface area contributed by atoms with Gasteiger partial charge in [-0.1, -0.05) is 0 Å². The number of allylic oxidation sites excluding steroid dienone is 1. The number of nitrogens with one attached hydrogen (secondary N) is 1. The zero-order valence-electron chi connectivity index (χ0n) is 9.23. The first-order valence-electron chi connectivity index (χ1n) is 4.81. The number of rotatable bonds is 6. The molecule has 0 spiro atoms. The SMILES string of the molecule is CCOC(=O)C(N/C=C/C#N)C(=O)OCC. The third kappa shape index (κ3) is 5.00. The van der Waals surface area contributed by atoms with E-state index in [2.05, 4.69) is 14.8 Å². The molecule has 0 atom stereocenters. The minimum atomic E-state index is -1.23. The van der Waals surface area contributed by atoms with Crippen molar-refractivity contribution in [3.05, 3.63) is 12.3 Å². The summed E-state index contributed by atoms with van der Waals surface area (Å²) in [6, 6.07) is 0.486. The highest BCUT2D eigenvalue weighted by atomic mass is 16.6. The van der Waals surface area contributed by atoms with Crippen LogP contribution in [0, 0.1) is 11.3 Å². The van der Waals surface area contributed by atoms with Gasteiger partial charge in [-0.2, -0.15) is 5.26 Å². The molecule has 0 aliphatic heterocycles. The second-order valence-corrected chi connectivity index (χ2v) is 2.57. The van der Waals surface area contributed by atoms with Crippen LogP contribution in [0.2, 0.25) is 0 Å². The summed E-state index contributed by atoms with van der Waals surface area (Å²) in [6.07, 6.45) is 2.30. The molecule has 0 rings (SSSR count). The van der Waals surface area contributed by atoms with E-state index in [9.17, 15) is 9.59 Å². The Labute approximate surface area is 93.8 Å². The van der Waals surface area contributed by atoms with Crippen molar-refractivity contribution in [2.75, 3.05) is 13.2 Å². The topological polar surface area (TPSA) is 88.4 Å². The summed E-state index contributed by atoms with van der Waals surface area (Å²) in [5.74, 6) is -1.47. The average Bonchev–Trinajstić information content (AvgIpc) is 2.25. The van der Waals surface area contributed by atoms with Crippen LogP contribution < -0.4 is 5.32 Å². The first kappa shape index (κ1) is 14.0. The van der Waals surface area contributed by atoms with Crippen LogP contribution in [0.3, 0.4) is 0 Å². The van der Waals surface area contributed by atoms with Gasteiger partial charge in [0.25, 0.3) is 0 Å². The maximum Gasteiger partial charge on any atom is 0.340 e. The van der Waals surface area contributed by atoms with Gasteiger partial charge in [0.15, 0.2) is 0 Å². The van der Waals surface area contributed by atoms with Gasteiger partial charge in [0.1, 0.15) is 0 Å². The monoisotopic (exact) mass is 226 g/mol. The minimum Gasteiger partial charge on any atom is -0.464 e. The first-order chi connectivity index (χ1) is 7.67. The number of ether oxygens (including phenoxy) is 2. The van der Waals surface area contributed by atoms with E-state index in [1.54, 1.807) is 19.9 Å². The van der Waals surface area contributed by atoms with Crippen molar-refractivity contribution in [2.45, 2.75) is 19.9 Å². The fourth-order valence-electron chi connectivity index (χ4n) is 0.865. The largest absolute Gasteiger partial charge is 0.464 e. The summed E-state index contributed by atoms with van der Waals surface area (Å²) in [7, 11) is 0. The maximum atomic E-state index is 11.4. The van der Waals surface area contributed by atoms with Crippen LogP contribution in [-0.4, -0.2) is 31.2 Å². The Balaban J connectivity index is 4.50. The van der Waals surface area contributed by atoms with Crippen LogP contribution in [0.15, 0.2) is 12.3 Å². The number of carbonyl (C=O) groups is 2. The van der Waals surface area contributed by atoms with Crippen LogP contribution in [0.1, 0.15) is 13.8 Å². The first-order valence-corrected chi connectivity index (χ1v) is 4.81. The number of esters is 2. The van der Waals surface area contributed by atoms with Gasteiger partial charge in [0.05, 0.1) is 19.3 Å². The second kappa shape index (κ2) is 8.29. The summed E-state index contributed by atoms with van der Waals surface area (Å²) in [5.41, 5.74) is 0. The fraction of sp³-hybridized carbons (Fsp3) is 0.500. The Morgan fingerprint density at radius 1 is 1.31 bits per heavy atom. The van der Waals surface area contributed by atoms with Gasteiger partial charge in [-0.25, -0.2) is 9.59 Å². The normalized spacial score (nSPS) is 9.88. The molecule has 0 saturated carbocycles. The molecule has 0 heterocycles. The Hall–Kier alpha value is -2.03. The number of carbonyl (C=O) groups excluding carboxylic acids is 2. The predicted octanol–water partition coefficient (Wildman–Crippen LogP) is 0.108. The average molecular weight is 226 g/mol. The lowest BCUT2D eigenvalue weighted by molar-refractivity contribution is -0.157. The smallest absolute Gasteiger partial charge is 0.340 e. The van der Waals surface area contributed by atoms with Crippen LogP contribution >= 0.6 is 0 Å². The van der Waals surface area contributed by atoms with Gasteiger partial charge >= 0.3 is 11.9 Å². The molecule has 0 bridgehead atoms. The molecule has 16 heavy (non-hydrogen) atoms. The molecule has 0 aromatic carbocycles. The lowest BCUT2D eigenvalue weighted by Crippen LogP contribution is -2.43. The van der Waals surface area contributed by atoms with Crippen molar-refractivity contribution < 1.29 is 19.1 Å². The molecule has 0 aromatic rings. The van der Waals surface area contributed by atoms with E-state index < -0.39 is 18.0 Å². The molecule has 1 N–H and O–H groups in total. The summed E-state index contributed by atoms with van der Waals surface area (Å²) in [6.45, 7) is 3.59. The van der Waals surface area contributed by atoms with E-state index in [4.69, 9.17) is 5.26 Å². The molecular weight excluding hydrogens is 212 g/mol. The zero-order chi connectivity index (χ0) is 12.4. The quantitative estimate of drug-likeness (QED) is 0.393. The molecule has 0 radical (unpaired) electrons. The molecule has 6 heteroatoms. The number of hydrogen-bond donors (Lipinski definition) is 1. The molecule has 0 aliphatic carbocycles. The predicted molar refractivity (Wildman–Crippen MR) is 54.9 cm³/mol. The molecule has 6 nitrogen and oxygen atoms in total. The van der Waals surface area contributed by atoms with Crippen molar-refractivity contribution >= 4 is 11.9 Å². The Morgan fingerprint density at radius 3 is 2.19 bits per heavy atom. The second-order valence-electron chi connectivity index (χ2n) is 2.57. The molecule has 0 amide bonds. The minimum absolute atomic E-state index is 0.165. The Bertz CT molecular complexity index is 288. The molecule has 0 fully saturated rings. The van der Waals surface area contributed by atoms with Crippen molar-refractivity contribution in [1.82, 2.24) is 5.32 Å². The lowest BCUT2D eigenvalue weighted by atomic mass is 10.3. The van der Waals surface area contributed by atoms with E-state index in [0.29, 0.717) is 0 Å². The fourth-order valence-corrected chi connectivity index (χ4v) is 0.865. The van der Waals surface area contributed by atoms with Crippen molar-refractivity contribution in [1.29, 1.82) is 5.26 Å². The highest BCUT2D eigenvalue weighted by Crippen LogP contribution is 1.94. The third-order valence-electron chi connectivity index (χ3n) is 1.47. The highest BCUT2D eigenvalue weighted by Gasteiger charge is 2.28. The van der Waals surface area contributed by atoms with Gasteiger partial charge in [0, 0.05) is 12.3 Å². The van der Waals surface area contributed by atoms with Crippen LogP contribution in [0.5, 0.6) is 0 Å². The Morgan fingerprint density at radius 2 is 1.81 bits per heavy atom. The van der Waals surface area contributed by atoms with Crippen molar-refractivity contribution in [3.63, 3.8) is 0 Å². The van der Waals surface area contributed by atoms with Crippen LogP contribution in [0.25, 0.3) is 0 Å². The van der Waals surface area contributed by atoms with Gasteiger partial charge < -0.3 is 14.8 Å². The van der Waals surface area contributed by atoms with Gasteiger partial charge in [0.2, 0.25) is 6.04 Å². The summed E-state index contributed by atoms with van der Waals surface area (Å²) >= 11 is 0.